The zero-order chi connectivity index (χ0) is 19.0. The summed E-state index contributed by atoms with van der Waals surface area (Å²) in [7, 11) is 0.147. The Balaban J connectivity index is 1.93. The van der Waals surface area contributed by atoms with Gasteiger partial charge in [0.15, 0.2) is 0 Å². The first-order valence-electron chi connectivity index (χ1n) is 9.33. The van der Waals surface area contributed by atoms with Gasteiger partial charge in [-0.1, -0.05) is 92.0 Å². The van der Waals surface area contributed by atoms with E-state index in [0.29, 0.717) is 12.5 Å². The number of ether oxygens (including phenoxy) is 2. The molecule has 0 aliphatic rings. The van der Waals surface area contributed by atoms with Crippen LogP contribution in [0.15, 0.2) is 71.9 Å². The average Bonchev–Trinajstić information content (AvgIpc) is 2.66. The summed E-state index contributed by atoms with van der Waals surface area (Å²) in [5.41, 5.74) is 2.53. The fourth-order valence-corrected chi connectivity index (χ4v) is 4.51. The molecule has 2 rings (SSSR count). The molecule has 0 spiro atoms. The molecule has 2 aromatic carbocycles. The van der Waals surface area contributed by atoms with Crippen molar-refractivity contribution in [1.82, 2.24) is 0 Å². The van der Waals surface area contributed by atoms with Crippen molar-refractivity contribution in [2.24, 2.45) is 0 Å². The van der Waals surface area contributed by atoms with Gasteiger partial charge in [0.2, 0.25) is 0 Å². The van der Waals surface area contributed by atoms with E-state index in [1.807, 2.05) is 18.2 Å². The molecule has 0 unspecified atom stereocenters. The van der Waals surface area contributed by atoms with E-state index in [-0.39, 0.29) is 6.10 Å². The van der Waals surface area contributed by atoms with E-state index in [1.165, 1.54) is 16.3 Å². The van der Waals surface area contributed by atoms with Gasteiger partial charge in [-0.25, -0.2) is 0 Å². The Bertz CT molecular complexity index is 680. The second-order valence-corrected chi connectivity index (χ2v) is 12.4. The van der Waals surface area contributed by atoms with Gasteiger partial charge < -0.3 is 9.47 Å². The van der Waals surface area contributed by atoms with E-state index in [0.717, 1.165) is 6.23 Å². The number of hydrogen-bond acceptors (Lipinski definition) is 2. The summed E-state index contributed by atoms with van der Waals surface area (Å²) in [6.45, 7) is 9.88. The van der Waals surface area contributed by atoms with Crippen LogP contribution in [-0.4, -0.2) is 28.0 Å². The first kappa shape index (κ1) is 20.6. The number of benzene rings is 2. The summed E-state index contributed by atoms with van der Waals surface area (Å²) in [5, 5.41) is 1.49. The minimum Gasteiger partial charge on any atom is -0.381 e. The Labute approximate surface area is 159 Å². The Morgan fingerprint density at radius 1 is 0.962 bits per heavy atom. The second-order valence-electron chi connectivity index (χ2n) is 7.58. The Kier molecular flexibility index (Phi) is 7.82. The zero-order valence-electron chi connectivity index (χ0n) is 16.7. The van der Waals surface area contributed by atoms with Crippen LogP contribution in [-0.2, 0) is 9.47 Å². The van der Waals surface area contributed by atoms with E-state index in [1.54, 1.807) is 7.11 Å². The minimum atomic E-state index is -1.60. The normalized spacial score (nSPS) is 14.9. The molecule has 0 amide bonds. The number of hydrogen-bond donors (Lipinski definition) is 0. The van der Waals surface area contributed by atoms with Crippen LogP contribution in [0.5, 0.6) is 0 Å². The Hall–Kier alpha value is -1.68. The third-order valence-corrected chi connectivity index (χ3v) is 8.31. The maximum atomic E-state index is 6.11. The SMILES string of the molecule is CO[C@H](COC[Si](C)(C)/C(C)=C\[C@@H](C)c1ccccc1)c1ccccc1. The average molecular weight is 369 g/mol. The molecule has 0 aliphatic heterocycles. The van der Waals surface area contributed by atoms with Gasteiger partial charge in [-0.15, -0.1) is 0 Å². The molecule has 0 saturated heterocycles. The lowest BCUT2D eigenvalue weighted by atomic mass is 10.0. The molecule has 2 nitrogen and oxygen atoms in total. The van der Waals surface area contributed by atoms with Crippen molar-refractivity contribution in [2.75, 3.05) is 19.9 Å². The molecule has 26 heavy (non-hydrogen) atoms. The molecule has 2 aromatic rings. The topological polar surface area (TPSA) is 18.5 Å². The predicted molar refractivity (Wildman–Crippen MR) is 113 cm³/mol. The third-order valence-electron chi connectivity index (χ3n) is 5.08. The first-order chi connectivity index (χ1) is 12.4. The highest BCUT2D eigenvalue weighted by atomic mass is 28.3. The minimum absolute atomic E-state index is 0.00599. The third kappa shape index (κ3) is 5.94. The van der Waals surface area contributed by atoms with E-state index in [2.05, 4.69) is 75.5 Å². The van der Waals surface area contributed by atoms with Gasteiger partial charge in [0.05, 0.1) is 6.61 Å². The number of rotatable bonds is 9. The van der Waals surface area contributed by atoms with Crippen LogP contribution in [0.1, 0.15) is 37.0 Å². The van der Waals surface area contributed by atoms with Crippen molar-refractivity contribution < 1.29 is 9.47 Å². The Morgan fingerprint density at radius 2 is 1.50 bits per heavy atom. The molecule has 0 N–H and O–H groups in total. The van der Waals surface area contributed by atoms with E-state index in [9.17, 15) is 0 Å². The van der Waals surface area contributed by atoms with E-state index < -0.39 is 8.07 Å². The zero-order valence-corrected chi connectivity index (χ0v) is 17.7. The maximum Gasteiger partial charge on any atom is 0.105 e. The van der Waals surface area contributed by atoms with Crippen molar-refractivity contribution in [3.8, 4) is 0 Å². The molecule has 0 aliphatic carbocycles. The fraction of sp³-hybridized carbons (Fsp3) is 0.391. The van der Waals surface area contributed by atoms with Crippen LogP contribution in [0.25, 0.3) is 0 Å². The quantitative estimate of drug-likeness (QED) is 0.511. The summed E-state index contributed by atoms with van der Waals surface area (Å²) >= 11 is 0. The van der Waals surface area contributed by atoms with Crippen molar-refractivity contribution in [3.63, 3.8) is 0 Å². The van der Waals surface area contributed by atoms with Crippen LogP contribution in [0.3, 0.4) is 0 Å². The van der Waals surface area contributed by atoms with Gasteiger partial charge in [0.1, 0.15) is 14.2 Å². The highest BCUT2D eigenvalue weighted by Crippen LogP contribution is 2.24. The second kappa shape index (κ2) is 9.86. The van der Waals surface area contributed by atoms with Gasteiger partial charge in [-0.2, -0.15) is 0 Å². The van der Waals surface area contributed by atoms with E-state index >= 15 is 0 Å². The van der Waals surface area contributed by atoms with Crippen molar-refractivity contribution in [3.05, 3.63) is 83.1 Å². The van der Waals surface area contributed by atoms with Crippen LogP contribution in [0.4, 0.5) is 0 Å². The lowest BCUT2D eigenvalue weighted by Crippen LogP contribution is -2.36. The smallest absolute Gasteiger partial charge is 0.105 e. The molecule has 0 fully saturated rings. The maximum absolute atomic E-state index is 6.11. The molecular weight excluding hydrogens is 336 g/mol. The molecule has 3 heteroatoms. The van der Waals surface area contributed by atoms with Gasteiger partial charge in [-0.3, -0.25) is 0 Å². The monoisotopic (exact) mass is 368 g/mol. The van der Waals surface area contributed by atoms with Crippen LogP contribution < -0.4 is 0 Å². The lowest BCUT2D eigenvalue weighted by Gasteiger charge is -2.26. The first-order valence-corrected chi connectivity index (χ1v) is 12.5. The van der Waals surface area contributed by atoms with E-state index in [4.69, 9.17) is 9.47 Å². The highest BCUT2D eigenvalue weighted by Gasteiger charge is 2.25. The lowest BCUT2D eigenvalue weighted by molar-refractivity contribution is 0.0199. The molecule has 0 bridgehead atoms. The van der Waals surface area contributed by atoms with Crippen LogP contribution >= 0.6 is 0 Å². The molecule has 0 saturated carbocycles. The largest absolute Gasteiger partial charge is 0.381 e. The summed E-state index contributed by atoms with van der Waals surface area (Å²) in [6, 6.07) is 21.0. The van der Waals surface area contributed by atoms with Crippen LogP contribution in [0.2, 0.25) is 13.1 Å². The van der Waals surface area contributed by atoms with Crippen LogP contribution in [0, 0.1) is 0 Å². The predicted octanol–water partition coefficient (Wildman–Crippen LogP) is 5.93. The van der Waals surface area contributed by atoms with Crippen molar-refractivity contribution >= 4 is 8.07 Å². The fourth-order valence-electron chi connectivity index (χ4n) is 2.96. The van der Waals surface area contributed by atoms with Gasteiger partial charge in [0, 0.05) is 13.3 Å². The summed E-state index contributed by atoms with van der Waals surface area (Å²) < 4.78 is 11.7. The molecule has 0 aromatic heterocycles. The standard InChI is InChI=1S/C23H32O2Si/c1-19(21-12-8-6-9-13-21)16-20(2)26(4,5)18-25-17-23(24-3)22-14-10-7-11-15-22/h6-16,19,23H,17-18H2,1-5H3/b20-16-/t19-,23-/m1/s1. The molecule has 2 atom stereocenters. The summed E-state index contributed by atoms with van der Waals surface area (Å²) in [6.07, 6.45) is 3.22. The summed E-state index contributed by atoms with van der Waals surface area (Å²) in [5.74, 6) is 0.430. The highest BCUT2D eigenvalue weighted by molar-refractivity contribution is 6.84. The van der Waals surface area contributed by atoms with Crippen molar-refractivity contribution in [1.29, 1.82) is 0 Å². The molecular formula is C23H32O2Si. The molecule has 140 valence electrons. The molecule has 0 heterocycles. The number of allylic oxidation sites excluding steroid dienone is 2. The van der Waals surface area contributed by atoms with Gasteiger partial charge in [0.25, 0.3) is 0 Å². The Morgan fingerprint density at radius 3 is 2.04 bits per heavy atom. The van der Waals surface area contributed by atoms with Gasteiger partial charge >= 0.3 is 0 Å². The van der Waals surface area contributed by atoms with Gasteiger partial charge in [-0.05, 0) is 24.0 Å². The molecule has 0 radical (unpaired) electrons. The van der Waals surface area contributed by atoms with Crippen molar-refractivity contribution in [2.45, 2.75) is 39.0 Å². The summed E-state index contributed by atoms with van der Waals surface area (Å²) in [4.78, 5) is 0. The number of methoxy groups -OCH3 is 1.